The Morgan fingerprint density at radius 2 is 1.85 bits per heavy atom. The van der Waals surface area contributed by atoms with Gasteiger partial charge in [-0.1, -0.05) is 42.1 Å². The van der Waals surface area contributed by atoms with Crippen LogP contribution in [-0.2, 0) is 16.1 Å². The normalized spacial score (nSPS) is 16.6. The van der Waals surface area contributed by atoms with Crippen LogP contribution in [0.15, 0.2) is 85.5 Å². The molecule has 0 aliphatic carbocycles. The van der Waals surface area contributed by atoms with E-state index in [0.29, 0.717) is 55.2 Å². The fraction of sp³-hybridized carbons (Fsp3) is 0.290. The van der Waals surface area contributed by atoms with Gasteiger partial charge in [0.15, 0.2) is 5.82 Å². The Morgan fingerprint density at radius 1 is 1.07 bits per heavy atom. The highest BCUT2D eigenvalue weighted by molar-refractivity contribution is 6.24. The van der Waals surface area contributed by atoms with Crippen LogP contribution in [0, 0.1) is 13.8 Å². The van der Waals surface area contributed by atoms with E-state index in [9.17, 15) is 9.59 Å². The summed E-state index contributed by atoms with van der Waals surface area (Å²) in [5.41, 5.74) is 14.0. The van der Waals surface area contributed by atoms with Crippen LogP contribution >= 0.6 is 0 Å². The number of benzene rings is 2. The number of para-hydroxylation sites is 1. The molecule has 2 aromatic carbocycles. The van der Waals surface area contributed by atoms with Crippen molar-refractivity contribution in [1.82, 2.24) is 14.5 Å². The number of morpholine rings is 1. The number of hydrazone groups is 1. The third-order valence-electron chi connectivity index (χ3n) is 7.58. The molecule has 1 aromatic heterocycles. The van der Waals surface area contributed by atoms with Crippen LogP contribution in [-0.4, -0.2) is 64.6 Å². The van der Waals surface area contributed by atoms with Crippen molar-refractivity contribution < 1.29 is 9.53 Å². The van der Waals surface area contributed by atoms with Gasteiger partial charge in [0, 0.05) is 31.6 Å². The first-order valence-corrected chi connectivity index (χ1v) is 13.7. The van der Waals surface area contributed by atoms with Crippen LogP contribution in [0.3, 0.4) is 0 Å². The number of aryl methyl sites for hydroxylation is 2. The maximum Gasteiger partial charge on any atom is 0.263 e. The molecule has 3 aliphatic rings. The van der Waals surface area contributed by atoms with Crippen molar-refractivity contribution in [3.05, 3.63) is 92.8 Å². The first-order valence-electron chi connectivity index (χ1n) is 13.7. The van der Waals surface area contributed by atoms with Crippen molar-refractivity contribution in [3.8, 4) is 5.69 Å². The molecule has 1 amide bonds. The fourth-order valence-corrected chi connectivity index (χ4v) is 5.43. The zero-order chi connectivity index (χ0) is 28.5. The van der Waals surface area contributed by atoms with Crippen LogP contribution in [0.4, 0.5) is 0 Å². The predicted octanol–water partition coefficient (Wildman–Crippen LogP) is 3.18. The van der Waals surface area contributed by atoms with Gasteiger partial charge < -0.3 is 15.4 Å². The number of nitrogens with zero attached hydrogens (tertiary/aromatic N) is 6. The second-order valence-electron chi connectivity index (χ2n) is 10.3. The van der Waals surface area contributed by atoms with Crippen molar-refractivity contribution in [2.24, 2.45) is 20.8 Å². The molecule has 0 radical (unpaired) electrons. The molecule has 2 N–H and O–H groups in total. The second kappa shape index (κ2) is 11.0. The molecule has 208 valence electrons. The van der Waals surface area contributed by atoms with Crippen molar-refractivity contribution in [2.75, 3.05) is 26.3 Å². The third kappa shape index (κ3) is 5.11. The number of fused-ring (bicyclic) bond motifs is 1. The molecule has 6 rings (SSSR count). The number of amidine groups is 1. The number of rotatable bonds is 6. The molecular formula is C31H31N7O3. The largest absolute Gasteiger partial charge is 0.383 e. The van der Waals surface area contributed by atoms with E-state index in [1.54, 1.807) is 9.58 Å². The summed E-state index contributed by atoms with van der Waals surface area (Å²) in [5.74, 6) is 0.719. The zero-order valence-electron chi connectivity index (χ0n) is 23.1. The lowest BCUT2D eigenvalue weighted by atomic mass is 10.0. The summed E-state index contributed by atoms with van der Waals surface area (Å²) in [6.45, 7) is 6.43. The average molecular weight is 550 g/mol. The lowest BCUT2D eigenvalue weighted by Gasteiger charge is -2.27. The number of ether oxygens (including phenoxy) is 1. The quantitative estimate of drug-likeness (QED) is 0.474. The Kier molecular flexibility index (Phi) is 7.09. The molecular weight excluding hydrogens is 518 g/mol. The molecule has 4 heterocycles. The molecule has 1 saturated heterocycles. The molecule has 3 aromatic rings. The molecule has 0 atom stereocenters. The number of hydrogen-bond donors (Lipinski definition) is 1. The van der Waals surface area contributed by atoms with Gasteiger partial charge in [-0.05, 0) is 42.5 Å². The topological polar surface area (TPSA) is 118 Å². The molecule has 0 unspecified atom stereocenters. The Labute approximate surface area is 237 Å². The Balaban J connectivity index is 1.41. The van der Waals surface area contributed by atoms with Gasteiger partial charge in [0.2, 0.25) is 5.91 Å². The van der Waals surface area contributed by atoms with E-state index in [0.717, 1.165) is 27.9 Å². The van der Waals surface area contributed by atoms with Gasteiger partial charge in [0.1, 0.15) is 12.2 Å². The van der Waals surface area contributed by atoms with E-state index in [1.165, 1.54) is 6.34 Å². The third-order valence-corrected chi connectivity index (χ3v) is 7.58. The summed E-state index contributed by atoms with van der Waals surface area (Å²) in [7, 11) is 0. The highest BCUT2D eigenvalue weighted by Gasteiger charge is 2.26. The Bertz CT molecular complexity index is 1770. The van der Waals surface area contributed by atoms with Gasteiger partial charge in [-0.25, -0.2) is 15.0 Å². The van der Waals surface area contributed by atoms with Gasteiger partial charge in [0.25, 0.3) is 5.56 Å². The summed E-state index contributed by atoms with van der Waals surface area (Å²) in [5, 5.41) is 8.14. The minimum atomic E-state index is -0.0932. The van der Waals surface area contributed by atoms with E-state index in [2.05, 4.69) is 15.7 Å². The molecule has 41 heavy (non-hydrogen) atoms. The van der Waals surface area contributed by atoms with E-state index < -0.39 is 0 Å². The second-order valence-corrected chi connectivity index (χ2v) is 10.3. The van der Waals surface area contributed by atoms with Crippen LogP contribution < -0.4 is 11.3 Å². The van der Waals surface area contributed by atoms with Crippen LogP contribution in [0.2, 0.25) is 0 Å². The molecule has 10 heteroatoms. The number of nitrogens with two attached hydrogens (primary N) is 1. The Morgan fingerprint density at radius 3 is 2.66 bits per heavy atom. The van der Waals surface area contributed by atoms with E-state index in [1.807, 2.05) is 67.3 Å². The van der Waals surface area contributed by atoms with E-state index >= 15 is 0 Å². The average Bonchev–Trinajstić information content (AvgIpc) is 3.14. The van der Waals surface area contributed by atoms with Crippen LogP contribution in [0.1, 0.15) is 29.7 Å². The summed E-state index contributed by atoms with van der Waals surface area (Å²) in [4.78, 5) is 37.4. The molecule has 0 spiro atoms. The van der Waals surface area contributed by atoms with Crippen molar-refractivity contribution in [1.29, 1.82) is 0 Å². The van der Waals surface area contributed by atoms with Gasteiger partial charge in [-0.2, -0.15) is 5.10 Å². The summed E-state index contributed by atoms with van der Waals surface area (Å²) < 4.78 is 7.13. The number of amides is 1. The summed E-state index contributed by atoms with van der Waals surface area (Å²) in [6, 6.07) is 15.7. The molecule has 2 bridgehead atoms. The molecule has 1 fully saturated rings. The number of hydrogen-bond acceptors (Lipinski definition) is 8. The molecule has 0 saturated carbocycles. The number of carbonyl (C=O) groups excluding carboxylic acids is 1. The Hall–Kier alpha value is -4.79. The summed E-state index contributed by atoms with van der Waals surface area (Å²) >= 11 is 0. The number of pyridine rings is 1. The zero-order valence-corrected chi connectivity index (χ0v) is 23.1. The van der Waals surface area contributed by atoms with Gasteiger partial charge in [-0.3, -0.25) is 14.2 Å². The predicted molar refractivity (Wildman–Crippen MR) is 159 cm³/mol. The lowest BCUT2D eigenvalue weighted by molar-refractivity contribution is -0.135. The van der Waals surface area contributed by atoms with E-state index in [-0.39, 0.29) is 30.3 Å². The maximum atomic E-state index is 14.0. The van der Waals surface area contributed by atoms with Crippen LogP contribution in [0.25, 0.3) is 16.5 Å². The fourth-order valence-electron chi connectivity index (χ4n) is 5.43. The van der Waals surface area contributed by atoms with Gasteiger partial charge >= 0.3 is 0 Å². The smallest absolute Gasteiger partial charge is 0.263 e. The highest BCUT2D eigenvalue weighted by atomic mass is 16.5. The minimum absolute atomic E-state index is 0.0385. The van der Waals surface area contributed by atoms with Crippen molar-refractivity contribution >= 4 is 34.6 Å². The van der Waals surface area contributed by atoms with Crippen molar-refractivity contribution in [3.63, 3.8) is 0 Å². The summed E-state index contributed by atoms with van der Waals surface area (Å²) in [6.07, 6.45) is 2.01. The molecule has 10 nitrogen and oxygen atoms in total. The lowest BCUT2D eigenvalue weighted by Crippen LogP contribution is -2.41. The monoisotopic (exact) mass is 549 g/mol. The van der Waals surface area contributed by atoms with E-state index in [4.69, 9.17) is 15.6 Å². The number of carbonyl (C=O) groups is 1. The van der Waals surface area contributed by atoms with Gasteiger partial charge in [-0.15, -0.1) is 0 Å². The first kappa shape index (κ1) is 26.4. The number of aromatic nitrogens is 1. The highest BCUT2D eigenvalue weighted by Crippen LogP contribution is 2.26. The van der Waals surface area contributed by atoms with Crippen LogP contribution in [0.5, 0.6) is 0 Å². The van der Waals surface area contributed by atoms with Gasteiger partial charge in [0.05, 0.1) is 42.1 Å². The number of aliphatic imine (C=N–C) groups is 2. The first-order chi connectivity index (χ1) is 19.9. The minimum Gasteiger partial charge on any atom is -0.383 e. The molecule has 3 aliphatic heterocycles. The standard InChI is InChI=1S/C31H31N7O3/c1-20-6-3-4-9-26(20)38-23(16-22-8-5-7-21(2)29(22)31(38)40)18-37-27-17-24(30(32)34-19-33-27)25(35-37)10-11-28(39)36-12-14-41-15-13-36/h3-9,16,19H,10-15,18H2,1-2H3,(H2,32,33,34). The SMILES string of the molecule is Cc1ccccc1-n1c(CN2N=C(CCC(=O)N3CCOCC3)C3=C=C2N=CN=C3N)cc2cccc(C)c2c1=O. The maximum absolute atomic E-state index is 14.0. The van der Waals surface area contributed by atoms with Crippen molar-refractivity contribution in [2.45, 2.75) is 33.2 Å².